The predicted octanol–water partition coefficient (Wildman–Crippen LogP) is -0.290. The van der Waals surface area contributed by atoms with Crippen LogP contribution in [0.15, 0.2) is 0 Å². The molecule has 1 aromatic heterocycles. The van der Waals surface area contributed by atoms with Crippen LogP contribution in [-0.4, -0.2) is 26.8 Å². The molecule has 5 nitrogen and oxygen atoms in total. The van der Waals surface area contributed by atoms with Crippen LogP contribution in [0, 0.1) is 0 Å². The second-order valence-electron chi connectivity index (χ2n) is 2.37. The number of hydrogen-bond acceptors (Lipinski definition) is 4. The molecule has 0 amide bonds. The van der Waals surface area contributed by atoms with Crippen LogP contribution < -0.4 is 5.32 Å². The van der Waals surface area contributed by atoms with Gasteiger partial charge in [-0.05, 0) is 18.2 Å². The number of hydrogen-bond donors (Lipinski definition) is 1. The Morgan fingerprint density at radius 3 is 2.91 bits per heavy atom. The van der Waals surface area contributed by atoms with Crippen molar-refractivity contribution in [2.45, 2.75) is 19.9 Å². The Labute approximate surface area is 65.8 Å². The first-order valence-corrected chi connectivity index (χ1v) is 3.76. The van der Waals surface area contributed by atoms with Crippen LogP contribution in [-0.2, 0) is 13.6 Å². The summed E-state index contributed by atoms with van der Waals surface area (Å²) in [5.74, 6) is 0.751. The standard InChI is InChI=1S/C6H13N5/c1-3-4-7-5-6-8-10-11(2)9-6/h7H,3-5H2,1-2H3. The van der Waals surface area contributed by atoms with Gasteiger partial charge in [0, 0.05) is 0 Å². The number of rotatable bonds is 4. The van der Waals surface area contributed by atoms with Crippen LogP contribution in [0.1, 0.15) is 19.2 Å². The van der Waals surface area contributed by atoms with Crippen molar-refractivity contribution in [2.24, 2.45) is 7.05 Å². The van der Waals surface area contributed by atoms with Gasteiger partial charge < -0.3 is 5.32 Å². The summed E-state index contributed by atoms with van der Waals surface area (Å²) in [7, 11) is 1.76. The van der Waals surface area contributed by atoms with Gasteiger partial charge in [0.2, 0.25) is 0 Å². The molecular weight excluding hydrogens is 142 g/mol. The van der Waals surface area contributed by atoms with E-state index in [0.717, 1.165) is 18.8 Å². The first kappa shape index (κ1) is 8.13. The van der Waals surface area contributed by atoms with E-state index < -0.39 is 0 Å². The Hall–Kier alpha value is -0.970. The quantitative estimate of drug-likeness (QED) is 0.607. The topological polar surface area (TPSA) is 55.6 Å². The minimum atomic E-state index is 0.710. The molecule has 0 saturated carbocycles. The summed E-state index contributed by atoms with van der Waals surface area (Å²) >= 11 is 0. The third-order valence-electron chi connectivity index (χ3n) is 1.26. The van der Waals surface area contributed by atoms with Gasteiger partial charge in [0.25, 0.3) is 0 Å². The minimum absolute atomic E-state index is 0.710. The molecule has 0 aromatic carbocycles. The van der Waals surface area contributed by atoms with E-state index in [0.29, 0.717) is 6.54 Å². The maximum Gasteiger partial charge on any atom is 0.188 e. The zero-order valence-corrected chi connectivity index (χ0v) is 6.91. The molecule has 1 rings (SSSR count). The van der Waals surface area contributed by atoms with Crippen LogP contribution in [0.3, 0.4) is 0 Å². The summed E-state index contributed by atoms with van der Waals surface area (Å²) in [6, 6.07) is 0. The van der Waals surface area contributed by atoms with Gasteiger partial charge in [-0.2, -0.15) is 4.80 Å². The van der Waals surface area contributed by atoms with Crippen molar-refractivity contribution >= 4 is 0 Å². The van der Waals surface area contributed by atoms with Gasteiger partial charge in [0.05, 0.1) is 13.6 Å². The Bertz CT molecular complexity index is 206. The molecule has 0 saturated heterocycles. The third kappa shape index (κ3) is 2.63. The first-order valence-electron chi connectivity index (χ1n) is 3.76. The van der Waals surface area contributed by atoms with Crippen molar-refractivity contribution in [1.82, 2.24) is 25.5 Å². The van der Waals surface area contributed by atoms with Crippen LogP contribution in [0.4, 0.5) is 0 Å². The van der Waals surface area contributed by atoms with E-state index in [9.17, 15) is 0 Å². The highest BCUT2D eigenvalue weighted by Gasteiger charge is 1.96. The lowest BCUT2D eigenvalue weighted by Gasteiger charge is -1.95. The summed E-state index contributed by atoms with van der Waals surface area (Å²) in [5.41, 5.74) is 0. The van der Waals surface area contributed by atoms with E-state index in [-0.39, 0.29) is 0 Å². The molecule has 5 heteroatoms. The third-order valence-corrected chi connectivity index (χ3v) is 1.26. The predicted molar refractivity (Wildman–Crippen MR) is 40.8 cm³/mol. The van der Waals surface area contributed by atoms with Crippen LogP contribution in [0.5, 0.6) is 0 Å². The van der Waals surface area contributed by atoms with E-state index in [2.05, 4.69) is 27.7 Å². The van der Waals surface area contributed by atoms with Gasteiger partial charge in [0.15, 0.2) is 5.82 Å². The van der Waals surface area contributed by atoms with Crippen molar-refractivity contribution < 1.29 is 0 Å². The number of nitrogens with zero attached hydrogens (tertiary/aromatic N) is 4. The van der Waals surface area contributed by atoms with Crippen molar-refractivity contribution in [3.05, 3.63) is 5.82 Å². The van der Waals surface area contributed by atoms with E-state index >= 15 is 0 Å². The van der Waals surface area contributed by atoms with Gasteiger partial charge in [-0.25, -0.2) is 0 Å². The maximum absolute atomic E-state index is 4.01. The van der Waals surface area contributed by atoms with Crippen molar-refractivity contribution in [3.63, 3.8) is 0 Å². The molecule has 0 atom stereocenters. The normalized spacial score (nSPS) is 10.4. The molecular formula is C6H13N5. The molecule has 0 aliphatic carbocycles. The fraction of sp³-hybridized carbons (Fsp3) is 0.833. The van der Waals surface area contributed by atoms with E-state index in [1.54, 1.807) is 7.05 Å². The lowest BCUT2D eigenvalue weighted by Crippen LogP contribution is -2.14. The van der Waals surface area contributed by atoms with E-state index in [1.807, 2.05) is 0 Å². The molecule has 0 spiro atoms. The first-order chi connectivity index (χ1) is 5.33. The molecule has 11 heavy (non-hydrogen) atoms. The minimum Gasteiger partial charge on any atom is -0.310 e. The average Bonchev–Trinajstić information content (AvgIpc) is 2.37. The average molecular weight is 155 g/mol. The van der Waals surface area contributed by atoms with E-state index in [1.165, 1.54) is 4.80 Å². The number of tetrazole rings is 1. The van der Waals surface area contributed by atoms with Gasteiger partial charge >= 0.3 is 0 Å². The molecule has 0 aliphatic rings. The van der Waals surface area contributed by atoms with Gasteiger partial charge in [0.1, 0.15) is 0 Å². The number of aryl methyl sites for hydroxylation is 1. The second-order valence-corrected chi connectivity index (χ2v) is 2.37. The highest BCUT2D eigenvalue weighted by atomic mass is 15.6. The monoisotopic (exact) mass is 155 g/mol. The molecule has 0 radical (unpaired) electrons. The summed E-state index contributed by atoms with van der Waals surface area (Å²) in [4.78, 5) is 1.46. The highest BCUT2D eigenvalue weighted by Crippen LogP contribution is 1.83. The number of aromatic nitrogens is 4. The summed E-state index contributed by atoms with van der Waals surface area (Å²) in [6.45, 7) is 3.83. The second kappa shape index (κ2) is 4.02. The van der Waals surface area contributed by atoms with Crippen LogP contribution in [0.25, 0.3) is 0 Å². The zero-order valence-electron chi connectivity index (χ0n) is 6.91. The zero-order chi connectivity index (χ0) is 8.10. The SMILES string of the molecule is CCCNCc1nnn(C)n1. The molecule has 1 aromatic rings. The molecule has 0 bridgehead atoms. The van der Waals surface area contributed by atoms with Crippen molar-refractivity contribution in [3.8, 4) is 0 Å². The Kier molecular flexibility index (Phi) is 2.97. The van der Waals surface area contributed by atoms with E-state index in [4.69, 9.17) is 0 Å². The molecule has 62 valence electrons. The lowest BCUT2D eigenvalue weighted by atomic mass is 10.5. The van der Waals surface area contributed by atoms with Crippen LogP contribution in [0.2, 0.25) is 0 Å². The summed E-state index contributed by atoms with van der Waals surface area (Å²) in [5, 5.41) is 14.7. The largest absolute Gasteiger partial charge is 0.310 e. The summed E-state index contributed by atoms with van der Waals surface area (Å²) < 4.78 is 0. The Morgan fingerprint density at radius 1 is 1.55 bits per heavy atom. The fourth-order valence-corrected chi connectivity index (χ4v) is 0.771. The molecule has 0 fully saturated rings. The molecule has 1 heterocycles. The fourth-order valence-electron chi connectivity index (χ4n) is 0.771. The van der Waals surface area contributed by atoms with Crippen molar-refractivity contribution in [2.75, 3.05) is 6.54 Å². The smallest absolute Gasteiger partial charge is 0.188 e. The Morgan fingerprint density at radius 2 is 2.36 bits per heavy atom. The van der Waals surface area contributed by atoms with Crippen molar-refractivity contribution in [1.29, 1.82) is 0 Å². The van der Waals surface area contributed by atoms with Crippen LogP contribution >= 0.6 is 0 Å². The van der Waals surface area contributed by atoms with Gasteiger partial charge in [-0.15, -0.1) is 10.2 Å². The molecule has 0 aliphatic heterocycles. The molecule has 0 unspecified atom stereocenters. The number of nitrogens with one attached hydrogen (secondary N) is 1. The Balaban J connectivity index is 2.27. The maximum atomic E-state index is 4.01. The van der Waals surface area contributed by atoms with Gasteiger partial charge in [-0.3, -0.25) is 0 Å². The summed E-state index contributed by atoms with van der Waals surface area (Å²) in [6.07, 6.45) is 1.13. The van der Waals surface area contributed by atoms with Gasteiger partial charge in [-0.1, -0.05) is 6.92 Å². The highest BCUT2D eigenvalue weighted by molar-refractivity contribution is 4.74. The lowest BCUT2D eigenvalue weighted by molar-refractivity contribution is 0.617. The molecule has 1 N–H and O–H groups in total.